The number of hydrogen-bond donors (Lipinski definition) is 1. The molecule has 1 aromatic heterocycles. The summed E-state index contributed by atoms with van der Waals surface area (Å²) in [6.45, 7) is 4.39. The molecule has 0 atom stereocenters. The maximum Gasteiger partial charge on any atom is 0.338 e. The normalized spacial score (nSPS) is 10.7. The number of carbonyl (C=O) groups is 2. The first-order chi connectivity index (χ1) is 12.6. The van der Waals surface area contributed by atoms with Crippen molar-refractivity contribution in [3.05, 3.63) is 65.4 Å². The standard InChI is InChI=1S/C21H21NO4/c1-3-4-12-25-21(24)15-8-10-17(11-9-15)22-20(23)18-13-16-7-5-6-14(2)19(16)26-18/h5-11,13H,3-4,12H2,1-2H3,(H,22,23). The number of para-hydroxylation sites is 1. The Morgan fingerprint density at radius 3 is 2.58 bits per heavy atom. The molecule has 1 N–H and O–H groups in total. The number of carbonyl (C=O) groups excluding carboxylic acids is 2. The highest BCUT2D eigenvalue weighted by atomic mass is 16.5. The molecule has 0 saturated heterocycles. The maximum absolute atomic E-state index is 12.4. The average molecular weight is 351 g/mol. The third-order valence-electron chi connectivity index (χ3n) is 4.07. The predicted octanol–water partition coefficient (Wildman–Crippen LogP) is 4.95. The highest BCUT2D eigenvalue weighted by Crippen LogP contribution is 2.23. The van der Waals surface area contributed by atoms with E-state index >= 15 is 0 Å². The molecule has 0 aliphatic rings. The van der Waals surface area contributed by atoms with Gasteiger partial charge in [0.15, 0.2) is 5.76 Å². The summed E-state index contributed by atoms with van der Waals surface area (Å²) in [7, 11) is 0. The summed E-state index contributed by atoms with van der Waals surface area (Å²) in [5, 5.41) is 3.66. The molecule has 0 fully saturated rings. The number of aryl methyl sites for hydroxylation is 1. The largest absolute Gasteiger partial charge is 0.462 e. The Morgan fingerprint density at radius 2 is 1.88 bits per heavy atom. The first-order valence-electron chi connectivity index (χ1n) is 8.66. The molecule has 2 aromatic carbocycles. The SMILES string of the molecule is CCCCOC(=O)c1ccc(NC(=O)c2cc3cccc(C)c3o2)cc1. The lowest BCUT2D eigenvalue weighted by Crippen LogP contribution is -2.11. The Kier molecular flexibility index (Phi) is 5.37. The Hall–Kier alpha value is -3.08. The zero-order chi connectivity index (χ0) is 18.5. The molecule has 5 heteroatoms. The van der Waals surface area contributed by atoms with Crippen LogP contribution in [0.1, 0.15) is 46.2 Å². The predicted molar refractivity (Wildman–Crippen MR) is 101 cm³/mol. The molecular formula is C21H21NO4. The summed E-state index contributed by atoms with van der Waals surface area (Å²) in [6, 6.07) is 14.1. The molecule has 3 rings (SSSR count). The zero-order valence-corrected chi connectivity index (χ0v) is 14.9. The van der Waals surface area contributed by atoms with Crippen molar-refractivity contribution >= 4 is 28.5 Å². The molecule has 0 spiro atoms. The minimum Gasteiger partial charge on any atom is -0.462 e. The Balaban J connectivity index is 1.67. The van der Waals surface area contributed by atoms with Crippen LogP contribution in [-0.2, 0) is 4.74 Å². The molecule has 0 aliphatic heterocycles. The van der Waals surface area contributed by atoms with E-state index in [0.717, 1.165) is 23.8 Å². The Morgan fingerprint density at radius 1 is 1.12 bits per heavy atom. The number of unbranched alkanes of at least 4 members (excludes halogenated alkanes) is 1. The smallest absolute Gasteiger partial charge is 0.338 e. The summed E-state index contributed by atoms with van der Waals surface area (Å²) in [6.07, 6.45) is 1.82. The zero-order valence-electron chi connectivity index (χ0n) is 14.9. The van der Waals surface area contributed by atoms with E-state index in [0.29, 0.717) is 23.4 Å². The van der Waals surface area contributed by atoms with Gasteiger partial charge >= 0.3 is 5.97 Å². The van der Waals surface area contributed by atoms with E-state index in [9.17, 15) is 9.59 Å². The van der Waals surface area contributed by atoms with E-state index < -0.39 is 0 Å². The summed E-state index contributed by atoms with van der Waals surface area (Å²) < 4.78 is 10.8. The fourth-order valence-electron chi connectivity index (χ4n) is 2.60. The van der Waals surface area contributed by atoms with E-state index in [1.54, 1.807) is 30.3 Å². The number of hydrogen-bond acceptors (Lipinski definition) is 4. The molecule has 5 nitrogen and oxygen atoms in total. The van der Waals surface area contributed by atoms with Crippen molar-refractivity contribution in [1.29, 1.82) is 0 Å². The van der Waals surface area contributed by atoms with Crippen LogP contribution in [0.3, 0.4) is 0 Å². The van der Waals surface area contributed by atoms with Gasteiger partial charge in [0.05, 0.1) is 12.2 Å². The Labute approximate surface area is 152 Å². The number of furan rings is 1. The van der Waals surface area contributed by atoms with Gasteiger partial charge in [-0.1, -0.05) is 31.5 Å². The third-order valence-corrected chi connectivity index (χ3v) is 4.07. The van der Waals surface area contributed by atoms with Crippen molar-refractivity contribution in [1.82, 2.24) is 0 Å². The number of rotatable bonds is 6. The van der Waals surface area contributed by atoms with Gasteiger partial charge in [-0.2, -0.15) is 0 Å². The van der Waals surface area contributed by atoms with Gasteiger partial charge in [0.2, 0.25) is 0 Å². The molecule has 3 aromatic rings. The molecule has 0 bridgehead atoms. The van der Waals surface area contributed by atoms with Crippen LogP contribution < -0.4 is 5.32 Å². The molecule has 0 unspecified atom stereocenters. The van der Waals surface area contributed by atoms with Gasteiger partial charge in [-0.05, 0) is 49.2 Å². The van der Waals surface area contributed by atoms with Gasteiger partial charge in [-0.15, -0.1) is 0 Å². The van der Waals surface area contributed by atoms with Crippen LogP contribution in [0.25, 0.3) is 11.0 Å². The van der Waals surface area contributed by atoms with Gasteiger partial charge in [-0.3, -0.25) is 4.79 Å². The van der Waals surface area contributed by atoms with Gasteiger partial charge in [0.1, 0.15) is 5.58 Å². The molecule has 26 heavy (non-hydrogen) atoms. The van der Waals surface area contributed by atoms with Crippen LogP contribution in [0.2, 0.25) is 0 Å². The number of benzene rings is 2. The van der Waals surface area contributed by atoms with E-state index in [4.69, 9.17) is 9.15 Å². The van der Waals surface area contributed by atoms with E-state index in [2.05, 4.69) is 5.32 Å². The van der Waals surface area contributed by atoms with Gasteiger partial charge < -0.3 is 14.5 Å². The molecule has 1 amide bonds. The second-order valence-electron chi connectivity index (χ2n) is 6.12. The summed E-state index contributed by atoms with van der Waals surface area (Å²) in [4.78, 5) is 24.3. The van der Waals surface area contributed by atoms with Crippen molar-refractivity contribution in [2.75, 3.05) is 11.9 Å². The lowest BCUT2D eigenvalue weighted by molar-refractivity contribution is 0.0499. The maximum atomic E-state index is 12.4. The Bertz CT molecular complexity index is 925. The van der Waals surface area contributed by atoms with E-state index in [1.165, 1.54) is 0 Å². The molecule has 1 heterocycles. The lowest BCUT2D eigenvalue weighted by atomic mass is 10.2. The van der Waals surface area contributed by atoms with Crippen LogP contribution in [-0.4, -0.2) is 18.5 Å². The molecule has 0 radical (unpaired) electrons. The number of anilines is 1. The van der Waals surface area contributed by atoms with Crippen molar-refractivity contribution in [2.24, 2.45) is 0 Å². The van der Waals surface area contributed by atoms with Crippen molar-refractivity contribution in [3.8, 4) is 0 Å². The molecule has 0 saturated carbocycles. The second kappa shape index (κ2) is 7.87. The fraction of sp³-hybridized carbons (Fsp3) is 0.238. The van der Waals surface area contributed by atoms with Gasteiger partial charge in [-0.25, -0.2) is 4.79 Å². The number of fused-ring (bicyclic) bond motifs is 1. The summed E-state index contributed by atoms with van der Waals surface area (Å²) >= 11 is 0. The van der Waals surface area contributed by atoms with E-state index in [-0.39, 0.29) is 17.6 Å². The highest BCUT2D eigenvalue weighted by Gasteiger charge is 2.14. The molecular weight excluding hydrogens is 330 g/mol. The molecule has 0 aliphatic carbocycles. The highest BCUT2D eigenvalue weighted by molar-refractivity contribution is 6.05. The van der Waals surface area contributed by atoms with E-state index in [1.807, 2.05) is 32.0 Å². The lowest BCUT2D eigenvalue weighted by Gasteiger charge is -2.06. The minimum atomic E-state index is -0.357. The minimum absolute atomic E-state index is 0.248. The first-order valence-corrected chi connectivity index (χ1v) is 8.66. The monoisotopic (exact) mass is 351 g/mol. The number of nitrogens with one attached hydrogen (secondary N) is 1. The van der Waals surface area contributed by atoms with Gasteiger partial charge in [0.25, 0.3) is 5.91 Å². The molecule has 134 valence electrons. The number of ether oxygens (including phenoxy) is 1. The summed E-state index contributed by atoms with van der Waals surface area (Å²) in [5.74, 6) is -0.444. The topological polar surface area (TPSA) is 68.5 Å². The van der Waals surface area contributed by atoms with Crippen molar-refractivity contribution in [2.45, 2.75) is 26.7 Å². The average Bonchev–Trinajstić information content (AvgIpc) is 3.08. The van der Waals surface area contributed by atoms with Crippen LogP contribution in [0.15, 0.2) is 52.9 Å². The number of esters is 1. The third kappa shape index (κ3) is 3.94. The van der Waals surface area contributed by atoms with Crippen molar-refractivity contribution < 1.29 is 18.7 Å². The fourth-order valence-corrected chi connectivity index (χ4v) is 2.60. The van der Waals surface area contributed by atoms with Crippen LogP contribution >= 0.6 is 0 Å². The quantitative estimate of drug-likeness (QED) is 0.504. The second-order valence-corrected chi connectivity index (χ2v) is 6.12. The van der Waals surface area contributed by atoms with Crippen molar-refractivity contribution in [3.63, 3.8) is 0 Å². The van der Waals surface area contributed by atoms with Gasteiger partial charge in [0, 0.05) is 11.1 Å². The van der Waals surface area contributed by atoms with Crippen LogP contribution in [0.5, 0.6) is 0 Å². The summed E-state index contributed by atoms with van der Waals surface area (Å²) in [5.41, 5.74) is 2.73. The number of amides is 1. The van der Waals surface area contributed by atoms with Crippen LogP contribution in [0.4, 0.5) is 5.69 Å². The van der Waals surface area contributed by atoms with Crippen LogP contribution in [0, 0.1) is 6.92 Å². The first kappa shape index (κ1) is 17.7.